The van der Waals surface area contributed by atoms with Crippen LogP contribution in [0, 0.1) is 5.82 Å². The number of anilines is 1. The van der Waals surface area contributed by atoms with E-state index in [1.54, 1.807) is 0 Å². The van der Waals surface area contributed by atoms with Crippen LogP contribution in [0.1, 0.15) is 13.3 Å². The maximum absolute atomic E-state index is 13.2. The number of benzene rings is 1. The minimum atomic E-state index is -1.65. The molecule has 0 atom stereocenters. The van der Waals surface area contributed by atoms with Gasteiger partial charge in [0, 0.05) is 12.0 Å². The van der Waals surface area contributed by atoms with Crippen LogP contribution < -0.4 is 10.8 Å². The summed E-state index contributed by atoms with van der Waals surface area (Å²) >= 11 is 0. The summed E-state index contributed by atoms with van der Waals surface area (Å²) in [7, 11) is -1.65. The molecule has 0 radical (unpaired) electrons. The lowest BCUT2D eigenvalue weighted by atomic mass is 9.79. The molecule has 14 heavy (non-hydrogen) atoms. The molecular formula is C9H13BFNO2. The molecule has 0 amide bonds. The monoisotopic (exact) mass is 197 g/mol. The molecule has 0 heterocycles. The maximum atomic E-state index is 13.2. The highest BCUT2D eigenvalue weighted by atomic mass is 19.1. The number of para-hydroxylation sites is 1. The Kier molecular flexibility index (Phi) is 3.91. The quantitative estimate of drug-likeness (QED) is 0.609. The molecule has 3 N–H and O–H groups in total. The molecular weight excluding hydrogens is 184 g/mol. The van der Waals surface area contributed by atoms with Crippen LogP contribution in [-0.4, -0.2) is 23.7 Å². The first-order valence-electron chi connectivity index (χ1n) is 4.55. The molecule has 0 unspecified atom stereocenters. The van der Waals surface area contributed by atoms with Crippen molar-refractivity contribution in [1.82, 2.24) is 0 Å². The molecule has 0 aliphatic heterocycles. The van der Waals surface area contributed by atoms with Crippen molar-refractivity contribution in [2.75, 3.05) is 11.9 Å². The van der Waals surface area contributed by atoms with Gasteiger partial charge in [-0.2, -0.15) is 0 Å². The normalized spacial score (nSPS) is 10.0. The van der Waals surface area contributed by atoms with Crippen molar-refractivity contribution >= 4 is 18.3 Å². The van der Waals surface area contributed by atoms with E-state index in [9.17, 15) is 4.39 Å². The summed E-state index contributed by atoms with van der Waals surface area (Å²) in [5.74, 6) is -0.468. The van der Waals surface area contributed by atoms with E-state index < -0.39 is 12.9 Å². The van der Waals surface area contributed by atoms with Gasteiger partial charge in [0.25, 0.3) is 0 Å². The molecule has 0 fully saturated rings. The zero-order chi connectivity index (χ0) is 10.6. The Morgan fingerprint density at radius 3 is 2.71 bits per heavy atom. The van der Waals surface area contributed by atoms with Crippen LogP contribution >= 0.6 is 0 Å². The second-order valence-corrected chi connectivity index (χ2v) is 3.00. The highest BCUT2D eigenvalue weighted by molar-refractivity contribution is 6.60. The summed E-state index contributed by atoms with van der Waals surface area (Å²) in [6.07, 6.45) is 0.843. The lowest BCUT2D eigenvalue weighted by Gasteiger charge is -2.11. The van der Waals surface area contributed by atoms with Crippen LogP contribution in [0.4, 0.5) is 10.1 Å². The second kappa shape index (κ2) is 4.98. The highest BCUT2D eigenvalue weighted by Crippen LogP contribution is 2.10. The molecule has 0 spiro atoms. The molecule has 0 saturated heterocycles. The standard InChI is InChI=1S/C9H13BFNO2/c1-2-6-12-9-7(10(13)14)4-3-5-8(9)11/h3-5,12-14H,2,6H2,1H3. The van der Waals surface area contributed by atoms with Crippen LogP contribution in [0.2, 0.25) is 0 Å². The summed E-state index contributed by atoms with van der Waals surface area (Å²) in [6, 6.07) is 4.21. The minimum absolute atomic E-state index is 0.165. The number of halogens is 1. The van der Waals surface area contributed by atoms with Crippen molar-refractivity contribution in [1.29, 1.82) is 0 Å². The summed E-state index contributed by atoms with van der Waals surface area (Å²) < 4.78 is 13.2. The molecule has 0 bridgehead atoms. The van der Waals surface area contributed by atoms with Gasteiger partial charge >= 0.3 is 7.12 Å². The fraction of sp³-hybridized carbons (Fsp3) is 0.333. The van der Waals surface area contributed by atoms with Gasteiger partial charge in [0.05, 0.1) is 5.69 Å². The van der Waals surface area contributed by atoms with Crippen LogP contribution in [0.15, 0.2) is 18.2 Å². The number of nitrogens with one attached hydrogen (secondary N) is 1. The summed E-state index contributed by atoms with van der Waals surface area (Å²) in [6.45, 7) is 2.55. The first kappa shape index (κ1) is 11.0. The Bertz CT molecular complexity index is 307. The molecule has 1 aromatic carbocycles. The summed E-state index contributed by atoms with van der Waals surface area (Å²) in [5, 5.41) is 20.8. The van der Waals surface area contributed by atoms with E-state index in [2.05, 4.69) is 5.32 Å². The van der Waals surface area contributed by atoms with E-state index >= 15 is 0 Å². The van der Waals surface area contributed by atoms with Crippen LogP contribution in [0.25, 0.3) is 0 Å². The average molecular weight is 197 g/mol. The topological polar surface area (TPSA) is 52.5 Å². The first-order chi connectivity index (χ1) is 6.66. The Labute approximate surface area is 82.7 Å². The zero-order valence-corrected chi connectivity index (χ0v) is 8.00. The number of rotatable bonds is 4. The third-order valence-electron chi connectivity index (χ3n) is 1.88. The van der Waals surface area contributed by atoms with Crippen molar-refractivity contribution in [3.05, 3.63) is 24.0 Å². The molecule has 1 rings (SSSR count). The third-order valence-corrected chi connectivity index (χ3v) is 1.88. The lowest BCUT2D eigenvalue weighted by molar-refractivity contribution is 0.425. The smallest absolute Gasteiger partial charge is 0.423 e. The Balaban J connectivity index is 2.96. The van der Waals surface area contributed by atoms with Crippen LogP contribution in [-0.2, 0) is 0 Å². The lowest BCUT2D eigenvalue weighted by Crippen LogP contribution is -2.33. The first-order valence-corrected chi connectivity index (χ1v) is 4.55. The predicted molar refractivity (Wildman–Crippen MR) is 55.0 cm³/mol. The van der Waals surface area contributed by atoms with Crippen molar-refractivity contribution in [2.45, 2.75) is 13.3 Å². The van der Waals surface area contributed by atoms with Crippen LogP contribution in [0.5, 0.6) is 0 Å². The molecule has 0 saturated carbocycles. The summed E-state index contributed by atoms with van der Waals surface area (Å²) in [5.41, 5.74) is 0.336. The van der Waals surface area contributed by atoms with Crippen molar-refractivity contribution in [3.8, 4) is 0 Å². The van der Waals surface area contributed by atoms with Gasteiger partial charge in [-0.25, -0.2) is 4.39 Å². The Morgan fingerprint density at radius 2 is 2.14 bits per heavy atom. The minimum Gasteiger partial charge on any atom is -0.423 e. The van der Waals surface area contributed by atoms with Crippen molar-refractivity contribution < 1.29 is 14.4 Å². The van der Waals surface area contributed by atoms with Crippen molar-refractivity contribution in [3.63, 3.8) is 0 Å². The predicted octanol–water partition coefficient (Wildman–Crippen LogP) is 0.327. The molecule has 0 aromatic heterocycles. The van der Waals surface area contributed by atoms with E-state index in [4.69, 9.17) is 10.0 Å². The Morgan fingerprint density at radius 1 is 1.43 bits per heavy atom. The third kappa shape index (κ3) is 2.46. The molecule has 5 heteroatoms. The van der Waals surface area contributed by atoms with Gasteiger partial charge in [-0.3, -0.25) is 0 Å². The van der Waals surface area contributed by atoms with Crippen LogP contribution in [0.3, 0.4) is 0 Å². The SMILES string of the molecule is CCCNc1c(F)cccc1B(O)O. The van der Waals surface area contributed by atoms with Crippen molar-refractivity contribution in [2.24, 2.45) is 0 Å². The Hall–Kier alpha value is -1.07. The van der Waals surface area contributed by atoms with Gasteiger partial charge < -0.3 is 15.4 Å². The maximum Gasteiger partial charge on any atom is 0.490 e. The summed E-state index contributed by atoms with van der Waals surface area (Å²) in [4.78, 5) is 0. The van der Waals surface area contributed by atoms with Gasteiger partial charge in [-0.05, 0) is 12.5 Å². The zero-order valence-electron chi connectivity index (χ0n) is 8.00. The van der Waals surface area contributed by atoms with E-state index in [1.807, 2.05) is 6.92 Å². The molecule has 3 nitrogen and oxygen atoms in total. The highest BCUT2D eigenvalue weighted by Gasteiger charge is 2.18. The number of hydrogen-bond acceptors (Lipinski definition) is 3. The van der Waals surface area contributed by atoms with Gasteiger partial charge in [0.2, 0.25) is 0 Å². The second-order valence-electron chi connectivity index (χ2n) is 3.00. The average Bonchev–Trinajstić information content (AvgIpc) is 2.15. The molecule has 0 aliphatic carbocycles. The van der Waals surface area contributed by atoms with E-state index in [0.29, 0.717) is 6.54 Å². The van der Waals surface area contributed by atoms with E-state index in [1.165, 1.54) is 18.2 Å². The molecule has 0 aliphatic rings. The van der Waals surface area contributed by atoms with Gasteiger partial charge in [0.1, 0.15) is 5.82 Å². The number of hydrogen-bond donors (Lipinski definition) is 3. The van der Waals surface area contributed by atoms with E-state index in [0.717, 1.165) is 6.42 Å². The van der Waals surface area contributed by atoms with Gasteiger partial charge in [-0.1, -0.05) is 19.1 Å². The van der Waals surface area contributed by atoms with Gasteiger partial charge in [-0.15, -0.1) is 0 Å². The molecule has 1 aromatic rings. The fourth-order valence-corrected chi connectivity index (χ4v) is 1.19. The largest absolute Gasteiger partial charge is 0.490 e. The van der Waals surface area contributed by atoms with Gasteiger partial charge in [0.15, 0.2) is 0 Å². The van der Waals surface area contributed by atoms with E-state index in [-0.39, 0.29) is 11.2 Å². The molecule has 76 valence electrons. The fourth-order valence-electron chi connectivity index (χ4n) is 1.19.